The van der Waals surface area contributed by atoms with Crippen molar-refractivity contribution in [3.05, 3.63) is 59.4 Å². The molecule has 3 N–H and O–H groups in total. The molecule has 3 aromatic heterocycles. The van der Waals surface area contributed by atoms with Crippen molar-refractivity contribution >= 4 is 29.8 Å². The van der Waals surface area contributed by atoms with Crippen LogP contribution in [0.15, 0.2) is 47.8 Å². The SMILES string of the molecule is COc1nc(-c2ncccc2C)ccc1C(=O)Nc1cnc(N/N=C\C=N)c(C(F)(F)F)c1. The molecule has 0 unspecified atom stereocenters. The second-order valence-electron chi connectivity index (χ2n) is 6.55. The van der Waals surface area contributed by atoms with Gasteiger partial charge < -0.3 is 15.5 Å². The molecule has 3 rings (SSSR count). The number of hydrazone groups is 1. The molecule has 33 heavy (non-hydrogen) atoms. The van der Waals surface area contributed by atoms with Crippen molar-refractivity contribution in [3.8, 4) is 17.3 Å². The molecule has 0 aliphatic carbocycles. The molecule has 0 saturated heterocycles. The van der Waals surface area contributed by atoms with E-state index in [0.29, 0.717) is 11.4 Å². The van der Waals surface area contributed by atoms with Crippen molar-refractivity contribution in [2.45, 2.75) is 13.1 Å². The molecule has 1 amide bonds. The molecule has 12 heteroatoms. The number of alkyl halides is 3. The molecule has 3 aromatic rings. The van der Waals surface area contributed by atoms with Gasteiger partial charge in [0.1, 0.15) is 11.1 Å². The largest absolute Gasteiger partial charge is 0.480 e. The summed E-state index contributed by atoms with van der Waals surface area (Å²) in [5, 5.41) is 12.6. The maximum absolute atomic E-state index is 13.4. The molecule has 9 nitrogen and oxygen atoms in total. The number of methoxy groups -OCH3 is 1. The number of carbonyl (C=O) groups is 1. The Morgan fingerprint density at radius 2 is 2.03 bits per heavy atom. The molecule has 0 spiro atoms. The van der Waals surface area contributed by atoms with Gasteiger partial charge in [-0.3, -0.25) is 15.2 Å². The predicted molar refractivity (Wildman–Crippen MR) is 117 cm³/mol. The number of carbonyl (C=O) groups excluding carboxylic acids is 1. The van der Waals surface area contributed by atoms with E-state index in [-0.39, 0.29) is 17.1 Å². The molecular formula is C21H18F3N7O2. The summed E-state index contributed by atoms with van der Waals surface area (Å²) in [4.78, 5) is 25.0. The van der Waals surface area contributed by atoms with Crippen molar-refractivity contribution in [1.29, 1.82) is 5.41 Å². The van der Waals surface area contributed by atoms with E-state index < -0.39 is 23.5 Å². The molecular weight excluding hydrogens is 439 g/mol. The fraction of sp³-hybridized carbons (Fsp3) is 0.143. The first-order valence-electron chi connectivity index (χ1n) is 9.38. The van der Waals surface area contributed by atoms with E-state index in [9.17, 15) is 18.0 Å². The highest BCUT2D eigenvalue weighted by Crippen LogP contribution is 2.35. The lowest BCUT2D eigenvalue weighted by Crippen LogP contribution is -2.16. The average Bonchev–Trinajstić information content (AvgIpc) is 2.79. The zero-order valence-corrected chi connectivity index (χ0v) is 17.4. The summed E-state index contributed by atoms with van der Waals surface area (Å²) in [7, 11) is 1.33. The molecule has 0 aliphatic rings. The van der Waals surface area contributed by atoms with Crippen molar-refractivity contribution in [2.24, 2.45) is 5.10 Å². The summed E-state index contributed by atoms with van der Waals surface area (Å²) < 4.78 is 45.5. The highest BCUT2D eigenvalue weighted by molar-refractivity contribution is 6.14. The number of aromatic nitrogens is 3. The number of rotatable bonds is 7. The fourth-order valence-electron chi connectivity index (χ4n) is 2.83. The van der Waals surface area contributed by atoms with E-state index in [2.05, 4.69) is 30.8 Å². The van der Waals surface area contributed by atoms with Crippen LogP contribution in [0.1, 0.15) is 21.5 Å². The number of pyridine rings is 3. The highest BCUT2D eigenvalue weighted by atomic mass is 19.4. The minimum Gasteiger partial charge on any atom is -0.480 e. The first kappa shape index (κ1) is 23.3. The molecule has 0 atom stereocenters. The topological polar surface area (TPSA) is 125 Å². The first-order chi connectivity index (χ1) is 15.7. The van der Waals surface area contributed by atoms with Gasteiger partial charge in [-0.2, -0.15) is 18.3 Å². The zero-order chi connectivity index (χ0) is 24.0. The van der Waals surface area contributed by atoms with Gasteiger partial charge in [0, 0.05) is 12.4 Å². The van der Waals surface area contributed by atoms with Crippen LogP contribution >= 0.6 is 0 Å². The fourth-order valence-corrected chi connectivity index (χ4v) is 2.83. The summed E-state index contributed by atoms with van der Waals surface area (Å²) >= 11 is 0. The number of amides is 1. The van der Waals surface area contributed by atoms with Crippen LogP contribution in [-0.4, -0.2) is 40.4 Å². The average molecular weight is 457 g/mol. The van der Waals surface area contributed by atoms with Crippen LogP contribution in [0.2, 0.25) is 0 Å². The third kappa shape index (κ3) is 5.47. The third-order valence-electron chi connectivity index (χ3n) is 4.32. The van der Waals surface area contributed by atoms with Crippen molar-refractivity contribution in [3.63, 3.8) is 0 Å². The number of aryl methyl sites for hydroxylation is 1. The van der Waals surface area contributed by atoms with Gasteiger partial charge in [0.05, 0.1) is 36.6 Å². The minimum atomic E-state index is -4.77. The molecule has 0 radical (unpaired) electrons. The van der Waals surface area contributed by atoms with E-state index in [1.165, 1.54) is 13.2 Å². The number of nitrogens with zero attached hydrogens (tertiary/aromatic N) is 4. The number of nitrogens with one attached hydrogen (secondary N) is 3. The van der Waals surface area contributed by atoms with Gasteiger partial charge in [0.2, 0.25) is 5.88 Å². The van der Waals surface area contributed by atoms with E-state index in [1.807, 2.05) is 13.0 Å². The summed E-state index contributed by atoms with van der Waals surface area (Å²) in [6.07, 6.45) is -0.375. The van der Waals surface area contributed by atoms with Crippen LogP contribution in [0.4, 0.5) is 24.7 Å². The monoisotopic (exact) mass is 457 g/mol. The Morgan fingerprint density at radius 1 is 1.24 bits per heavy atom. The summed E-state index contributed by atoms with van der Waals surface area (Å²) in [6, 6.07) is 7.38. The van der Waals surface area contributed by atoms with Crippen LogP contribution in [-0.2, 0) is 6.18 Å². The number of anilines is 2. The second-order valence-corrected chi connectivity index (χ2v) is 6.55. The summed E-state index contributed by atoms with van der Waals surface area (Å²) in [5.41, 5.74) is 2.74. The number of halogens is 3. The van der Waals surface area contributed by atoms with E-state index >= 15 is 0 Å². The van der Waals surface area contributed by atoms with Crippen LogP contribution in [0.25, 0.3) is 11.4 Å². The standard InChI is InChI=1S/C21H18F3N7O2/c1-12-4-3-8-26-17(12)16-6-5-14(20(30-16)33-2)19(32)29-13-10-15(21(22,23)24)18(27-11-13)31-28-9-7-25/h3-11,25H,1-2H3,(H,27,31)(H,29,32)/b25-7?,28-9-. The van der Waals surface area contributed by atoms with Gasteiger partial charge >= 0.3 is 6.18 Å². The van der Waals surface area contributed by atoms with Crippen LogP contribution in [0, 0.1) is 12.3 Å². The second kappa shape index (κ2) is 9.85. The molecule has 0 aliphatic heterocycles. The maximum Gasteiger partial charge on any atom is 0.420 e. The quantitative estimate of drug-likeness (QED) is 0.361. The lowest BCUT2D eigenvalue weighted by molar-refractivity contribution is -0.137. The van der Waals surface area contributed by atoms with Crippen LogP contribution in [0.5, 0.6) is 5.88 Å². The Kier molecular flexibility index (Phi) is 6.96. The van der Waals surface area contributed by atoms with Gasteiger partial charge in [0.25, 0.3) is 5.91 Å². The smallest absolute Gasteiger partial charge is 0.420 e. The molecule has 0 saturated carbocycles. The zero-order valence-electron chi connectivity index (χ0n) is 17.4. The van der Waals surface area contributed by atoms with Gasteiger partial charge in [-0.15, -0.1) is 0 Å². The van der Waals surface area contributed by atoms with E-state index in [1.54, 1.807) is 18.3 Å². The van der Waals surface area contributed by atoms with Crippen molar-refractivity contribution < 1.29 is 22.7 Å². The molecule has 0 aromatic carbocycles. The Morgan fingerprint density at radius 3 is 2.70 bits per heavy atom. The molecule has 3 heterocycles. The lowest BCUT2D eigenvalue weighted by Gasteiger charge is -2.14. The normalized spacial score (nSPS) is 11.3. The third-order valence-corrected chi connectivity index (χ3v) is 4.32. The number of hydrogen-bond donors (Lipinski definition) is 3. The van der Waals surface area contributed by atoms with Gasteiger partial charge in [-0.1, -0.05) is 6.07 Å². The minimum absolute atomic E-state index is 0.0150. The molecule has 170 valence electrons. The van der Waals surface area contributed by atoms with Crippen molar-refractivity contribution in [2.75, 3.05) is 17.9 Å². The Bertz CT molecular complexity index is 1210. The van der Waals surface area contributed by atoms with Crippen molar-refractivity contribution in [1.82, 2.24) is 15.0 Å². The number of hydrogen-bond acceptors (Lipinski definition) is 8. The summed E-state index contributed by atoms with van der Waals surface area (Å²) in [5.74, 6) is -1.33. The molecule has 0 fully saturated rings. The van der Waals surface area contributed by atoms with Gasteiger partial charge in [-0.05, 0) is 36.8 Å². The lowest BCUT2D eigenvalue weighted by atomic mass is 10.1. The van der Waals surface area contributed by atoms with Gasteiger partial charge in [-0.25, -0.2) is 9.97 Å². The predicted octanol–water partition coefficient (Wildman–Crippen LogP) is 4.17. The Labute approximate surface area is 186 Å². The molecule has 0 bridgehead atoms. The highest BCUT2D eigenvalue weighted by Gasteiger charge is 2.35. The van der Waals surface area contributed by atoms with Crippen LogP contribution in [0.3, 0.4) is 0 Å². The summed E-state index contributed by atoms with van der Waals surface area (Å²) in [6.45, 7) is 1.86. The Balaban J connectivity index is 1.90. The van der Waals surface area contributed by atoms with E-state index in [0.717, 1.165) is 30.3 Å². The number of ether oxygens (including phenoxy) is 1. The van der Waals surface area contributed by atoms with Gasteiger partial charge in [0.15, 0.2) is 5.82 Å². The Hall–Kier alpha value is -4.35. The first-order valence-corrected chi connectivity index (χ1v) is 9.38. The van der Waals surface area contributed by atoms with E-state index in [4.69, 9.17) is 10.1 Å². The van der Waals surface area contributed by atoms with Crippen LogP contribution < -0.4 is 15.5 Å². The maximum atomic E-state index is 13.4.